The molecule has 0 fully saturated rings. The molecule has 0 aliphatic heterocycles. The van der Waals surface area contributed by atoms with Crippen LogP contribution in [0.1, 0.15) is 37.0 Å². The summed E-state index contributed by atoms with van der Waals surface area (Å²) in [6.45, 7) is 10.6. The van der Waals surface area contributed by atoms with Crippen molar-refractivity contribution in [2.75, 3.05) is 0 Å². The zero-order chi connectivity index (χ0) is 13.5. The Balaban J connectivity index is 2.72. The molecule has 2 rings (SSSR count). The molecule has 0 bridgehead atoms. The largest absolute Gasteiger partial charge is 0.342 e. The fourth-order valence-corrected chi connectivity index (χ4v) is 2.70. The number of aromatic amines is 1. The summed E-state index contributed by atoms with van der Waals surface area (Å²) < 4.78 is 0.694. The number of rotatable bonds is 1. The zero-order valence-electron chi connectivity index (χ0n) is 11.4. The Bertz CT molecular complexity index is 630. The van der Waals surface area contributed by atoms with Crippen molar-refractivity contribution in [3.63, 3.8) is 0 Å². The number of aromatic nitrogens is 2. The third-order valence-electron chi connectivity index (χ3n) is 2.99. The Kier molecular flexibility index (Phi) is 3.43. The molecule has 0 amide bonds. The average Bonchev–Trinajstić information content (AvgIpc) is 2.67. The summed E-state index contributed by atoms with van der Waals surface area (Å²) in [7, 11) is 0. The number of nitrogens with one attached hydrogen (secondary N) is 1. The molecule has 4 heteroatoms. The van der Waals surface area contributed by atoms with Crippen LogP contribution < -0.4 is 0 Å². The lowest BCUT2D eigenvalue weighted by atomic mass is 9.95. The summed E-state index contributed by atoms with van der Waals surface area (Å²) in [6.07, 6.45) is 0. The number of thiophene rings is 1. The van der Waals surface area contributed by atoms with E-state index in [4.69, 9.17) is 12.2 Å². The second-order valence-electron chi connectivity index (χ2n) is 5.53. The smallest absolute Gasteiger partial charge is 0.133 e. The minimum absolute atomic E-state index is 0.0278. The minimum Gasteiger partial charge on any atom is -0.342 e. The molecular weight excluding hydrogens is 260 g/mol. The standard InChI is InChI=1S/C14H18N2S2/c1-8-11(10-6-7-18-9(10)2)15-13(14(3,4)5)16-12(8)17/h6-7H,1-5H3,(H,15,16,17). The minimum atomic E-state index is -0.0278. The van der Waals surface area contributed by atoms with Crippen LogP contribution in [0.25, 0.3) is 11.3 Å². The lowest BCUT2D eigenvalue weighted by Crippen LogP contribution is -2.17. The van der Waals surface area contributed by atoms with E-state index >= 15 is 0 Å². The van der Waals surface area contributed by atoms with Gasteiger partial charge < -0.3 is 4.98 Å². The molecular formula is C14H18N2S2. The van der Waals surface area contributed by atoms with Gasteiger partial charge in [-0.2, -0.15) is 0 Å². The maximum Gasteiger partial charge on any atom is 0.133 e. The lowest BCUT2D eigenvalue weighted by Gasteiger charge is -2.19. The molecule has 1 N–H and O–H groups in total. The molecule has 0 radical (unpaired) electrons. The normalized spacial score (nSPS) is 11.8. The molecule has 2 aromatic heterocycles. The lowest BCUT2D eigenvalue weighted by molar-refractivity contribution is 0.544. The quantitative estimate of drug-likeness (QED) is 0.760. The van der Waals surface area contributed by atoms with E-state index in [-0.39, 0.29) is 5.41 Å². The molecule has 18 heavy (non-hydrogen) atoms. The predicted octanol–water partition coefficient (Wildman–Crippen LogP) is 4.78. The molecule has 0 aliphatic rings. The van der Waals surface area contributed by atoms with E-state index in [2.05, 4.69) is 49.1 Å². The van der Waals surface area contributed by atoms with E-state index in [0.29, 0.717) is 4.64 Å². The Morgan fingerprint density at radius 3 is 2.44 bits per heavy atom. The highest BCUT2D eigenvalue weighted by Gasteiger charge is 2.19. The Labute approximate surface area is 117 Å². The van der Waals surface area contributed by atoms with Gasteiger partial charge in [0.05, 0.1) is 5.69 Å². The fraction of sp³-hybridized carbons (Fsp3) is 0.429. The van der Waals surface area contributed by atoms with Gasteiger partial charge in [-0.15, -0.1) is 11.3 Å². The first-order valence-electron chi connectivity index (χ1n) is 5.96. The van der Waals surface area contributed by atoms with Gasteiger partial charge in [-0.25, -0.2) is 4.98 Å². The van der Waals surface area contributed by atoms with Crippen molar-refractivity contribution in [1.82, 2.24) is 9.97 Å². The van der Waals surface area contributed by atoms with Crippen LogP contribution in [0.2, 0.25) is 0 Å². The van der Waals surface area contributed by atoms with Gasteiger partial charge in [-0.1, -0.05) is 33.0 Å². The third kappa shape index (κ3) is 2.40. The van der Waals surface area contributed by atoms with Crippen LogP contribution in [0, 0.1) is 18.5 Å². The summed E-state index contributed by atoms with van der Waals surface area (Å²) in [5.41, 5.74) is 3.37. The number of aryl methyl sites for hydroxylation is 1. The molecule has 0 atom stereocenters. The van der Waals surface area contributed by atoms with Crippen molar-refractivity contribution in [2.24, 2.45) is 0 Å². The number of nitrogens with zero attached hydrogens (tertiary/aromatic N) is 1. The van der Waals surface area contributed by atoms with Gasteiger partial charge in [0, 0.05) is 21.4 Å². The molecule has 2 nitrogen and oxygen atoms in total. The van der Waals surface area contributed by atoms with E-state index in [1.165, 1.54) is 10.4 Å². The maximum atomic E-state index is 5.39. The van der Waals surface area contributed by atoms with Gasteiger partial charge in [0.25, 0.3) is 0 Å². The average molecular weight is 278 g/mol. The van der Waals surface area contributed by atoms with Crippen LogP contribution in [0.15, 0.2) is 11.4 Å². The van der Waals surface area contributed by atoms with Crippen LogP contribution in [0.3, 0.4) is 0 Å². The summed E-state index contributed by atoms with van der Waals surface area (Å²) in [4.78, 5) is 9.27. The zero-order valence-corrected chi connectivity index (χ0v) is 13.1. The first kappa shape index (κ1) is 13.4. The van der Waals surface area contributed by atoms with Crippen molar-refractivity contribution in [3.8, 4) is 11.3 Å². The molecule has 0 unspecified atom stereocenters. The van der Waals surface area contributed by atoms with Gasteiger partial charge in [-0.05, 0) is 25.3 Å². The molecule has 0 saturated heterocycles. The van der Waals surface area contributed by atoms with Crippen LogP contribution in [-0.4, -0.2) is 9.97 Å². The first-order chi connectivity index (χ1) is 8.30. The van der Waals surface area contributed by atoms with Crippen molar-refractivity contribution in [3.05, 3.63) is 32.4 Å². The second kappa shape index (κ2) is 4.59. The van der Waals surface area contributed by atoms with E-state index in [1.807, 2.05) is 6.92 Å². The van der Waals surface area contributed by atoms with Gasteiger partial charge in [0.15, 0.2) is 0 Å². The van der Waals surface area contributed by atoms with E-state index < -0.39 is 0 Å². The first-order valence-corrected chi connectivity index (χ1v) is 7.25. The highest BCUT2D eigenvalue weighted by atomic mass is 32.1. The monoisotopic (exact) mass is 278 g/mol. The molecule has 0 spiro atoms. The Morgan fingerprint density at radius 1 is 1.28 bits per heavy atom. The SMILES string of the molecule is Cc1sccc1-c1[nH]c(C(C)(C)C)nc(=S)c1C. The maximum absolute atomic E-state index is 5.39. The summed E-state index contributed by atoms with van der Waals surface area (Å²) in [5.74, 6) is 0.943. The summed E-state index contributed by atoms with van der Waals surface area (Å²) >= 11 is 7.14. The van der Waals surface area contributed by atoms with Gasteiger partial charge >= 0.3 is 0 Å². The highest BCUT2D eigenvalue weighted by molar-refractivity contribution is 7.71. The van der Waals surface area contributed by atoms with Gasteiger partial charge in [0.1, 0.15) is 10.5 Å². The van der Waals surface area contributed by atoms with E-state index in [0.717, 1.165) is 17.1 Å². The Morgan fingerprint density at radius 2 is 1.94 bits per heavy atom. The second-order valence-corrected chi connectivity index (χ2v) is 7.04. The van der Waals surface area contributed by atoms with Crippen LogP contribution in [0.5, 0.6) is 0 Å². The van der Waals surface area contributed by atoms with E-state index in [9.17, 15) is 0 Å². The van der Waals surface area contributed by atoms with Crippen LogP contribution in [0.4, 0.5) is 0 Å². The molecule has 0 aliphatic carbocycles. The number of hydrogen-bond donors (Lipinski definition) is 1. The molecule has 0 saturated carbocycles. The van der Waals surface area contributed by atoms with Crippen molar-refractivity contribution in [2.45, 2.75) is 40.0 Å². The number of H-pyrrole nitrogens is 1. The highest BCUT2D eigenvalue weighted by Crippen LogP contribution is 2.30. The molecule has 96 valence electrons. The van der Waals surface area contributed by atoms with Crippen molar-refractivity contribution in [1.29, 1.82) is 0 Å². The van der Waals surface area contributed by atoms with Gasteiger partial charge in [0.2, 0.25) is 0 Å². The molecule has 0 aromatic carbocycles. The van der Waals surface area contributed by atoms with Crippen LogP contribution in [-0.2, 0) is 5.41 Å². The predicted molar refractivity (Wildman–Crippen MR) is 80.9 cm³/mol. The van der Waals surface area contributed by atoms with Gasteiger partial charge in [-0.3, -0.25) is 0 Å². The molecule has 2 heterocycles. The molecule has 2 aromatic rings. The van der Waals surface area contributed by atoms with E-state index in [1.54, 1.807) is 11.3 Å². The number of hydrogen-bond acceptors (Lipinski definition) is 3. The fourth-order valence-electron chi connectivity index (χ4n) is 1.80. The third-order valence-corrected chi connectivity index (χ3v) is 4.23. The summed E-state index contributed by atoms with van der Waals surface area (Å²) in [5, 5.41) is 2.11. The van der Waals surface area contributed by atoms with Crippen molar-refractivity contribution >= 4 is 23.6 Å². The summed E-state index contributed by atoms with van der Waals surface area (Å²) in [6, 6.07) is 2.14. The topological polar surface area (TPSA) is 28.7 Å². The van der Waals surface area contributed by atoms with Crippen molar-refractivity contribution < 1.29 is 0 Å². The Hall–Kier alpha value is -1.00. The van der Waals surface area contributed by atoms with Crippen LogP contribution >= 0.6 is 23.6 Å².